The molecule has 0 fully saturated rings. The molecule has 0 bridgehead atoms. The van der Waals surface area contributed by atoms with Crippen LogP contribution < -0.4 is 5.73 Å². The molecule has 1 aromatic rings. The first-order valence-corrected chi connectivity index (χ1v) is 5.64. The van der Waals surface area contributed by atoms with E-state index in [1.165, 1.54) is 6.92 Å². The van der Waals surface area contributed by atoms with E-state index < -0.39 is 17.5 Å². The fourth-order valence-corrected chi connectivity index (χ4v) is 2.17. The van der Waals surface area contributed by atoms with Crippen molar-refractivity contribution in [1.29, 1.82) is 0 Å². The Labute approximate surface area is 99.8 Å². The van der Waals surface area contributed by atoms with E-state index in [9.17, 15) is 9.59 Å². The predicted molar refractivity (Wildman–Crippen MR) is 62.0 cm³/mol. The molecule has 4 nitrogen and oxygen atoms in total. The van der Waals surface area contributed by atoms with E-state index >= 15 is 0 Å². The lowest BCUT2D eigenvalue weighted by molar-refractivity contribution is -0.167. The van der Waals surface area contributed by atoms with Crippen LogP contribution in [-0.4, -0.2) is 11.8 Å². The van der Waals surface area contributed by atoms with Gasteiger partial charge in [-0.1, -0.05) is 24.3 Å². The number of esters is 1. The van der Waals surface area contributed by atoms with Gasteiger partial charge in [-0.2, -0.15) is 0 Å². The van der Waals surface area contributed by atoms with Gasteiger partial charge in [0.2, 0.25) is 5.78 Å². The summed E-state index contributed by atoms with van der Waals surface area (Å²) in [4.78, 5) is 22.3. The highest BCUT2D eigenvalue weighted by atomic mass is 16.6. The van der Waals surface area contributed by atoms with Gasteiger partial charge in [0.1, 0.15) is 0 Å². The van der Waals surface area contributed by atoms with Gasteiger partial charge in [-0.25, -0.2) is 4.79 Å². The Bertz CT molecular complexity index is 469. The number of hydrogen-bond acceptors (Lipinski definition) is 4. The molecule has 2 rings (SSSR count). The monoisotopic (exact) mass is 233 g/mol. The van der Waals surface area contributed by atoms with Gasteiger partial charge in [0.15, 0.2) is 5.72 Å². The lowest BCUT2D eigenvalue weighted by Gasteiger charge is -2.34. The summed E-state index contributed by atoms with van der Waals surface area (Å²) in [6.45, 7) is 1.18. The highest BCUT2D eigenvalue weighted by Gasteiger charge is 2.37. The number of hydrogen-bond donors (Lipinski definition) is 1. The van der Waals surface area contributed by atoms with Crippen LogP contribution in [0.2, 0.25) is 0 Å². The summed E-state index contributed by atoms with van der Waals surface area (Å²) in [6.07, 6.45) is 2.31. The third kappa shape index (κ3) is 2.22. The van der Waals surface area contributed by atoms with Gasteiger partial charge in [-0.05, 0) is 18.4 Å². The number of ether oxygens (including phenoxy) is 1. The van der Waals surface area contributed by atoms with E-state index in [-0.39, 0.29) is 0 Å². The molecule has 0 aromatic heterocycles. The van der Waals surface area contributed by atoms with Crippen molar-refractivity contribution in [2.24, 2.45) is 5.73 Å². The van der Waals surface area contributed by atoms with Crippen LogP contribution >= 0.6 is 0 Å². The molecule has 1 aliphatic carbocycles. The average molecular weight is 233 g/mol. The fourth-order valence-electron chi connectivity index (χ4n) is 2.17. The zero-order valence-corrected chi connectivity index (χ0v) is 9.73. The van der Waals surface area contributed by atoms with Crippen LogP contribution in [0.3, 0.4) is 0 Å². The Morgan fingerprint density at radius 2 is 2.06 bits per heavy atom. The van der Waals surface area contributed by atoms with E-state index in [0.717, 1.165) is 24.0 Å². The first kappa shape index (κ1) is 11.8. The van der Waals surface area contributed by atoms with E-state index in [1.807, 2.05) is 24.3 Å². The molecule has 0 aliphatic heterocycles. The summed E-state index contributed by atoms with van der Waals surface area (Å²) >= 11 is 0. The zero-order valence-electron chi connectivity index (χ0n) is 9.73. The van der Waals surface area contributed by atoms with Gasteiger partial charge < -0.3 is 4.74 Å². The Kier molecular flexibility index (Phi) is 2.98. The number of benzene rings is 1. The first-order chi connectivity index (χ1) is 8.03. The summed E-state index contributed by atoms with van der Waals surface area (Å²) in [5.41, 5.74) is 6.85. The molecule has 0 heterocycles. The average Bonchev–Trinajstić information content (AvgIpc) is 2.29. The molecule has 0 saturated carbocycles. The molecule has 0 unspecified atom stereocenters. The molecular weight excluding hydrogens is 218 g/mol. The van der Waals surface area contributed by atoms with Crippen molar-refractivity contribution >= 4 is 11.8 Å². The summed E-state index contributed by atoms with van der Waals surface area (Å²) in [5, 5.41) is 0. The molecule has 17 heavy (non-hydrogen) atoms. The van der Waals surface area contributed by atoms with E-state index in [4.69, 9.17) is 10.5 Å². The van der Waals surface area contributed by atoms with Crippen molar-refractivity contribution in [1.82, 2.24) is 0 Å². The van der Waals surface area contributed by atoms with E-state index in [1.54, 1.807) is 0 Å². The molecule has 4 heteroatoms. The number of fused-ring (bicyclic) bond motifs is 1. The number of carbonyl (C=O) groups is 2. The normalized spacial score (nSPS) is 22.7. The van der Waals surface area contributed by atoms with Crippen LogP contribution in [0.25, 0.3) is 0 Å². The van der Waals surface area contributed by atoms with Gasteiger partial charge in [0.25, 0.3) is 0 Å². The lowest BCUT2D eigenvalue weighted by Crippen LogP contribution is -2.45. The van der Waals surface area contributed by atoms with E-state index in [0.29, 0.717) is 6.42 Å². The van der Waals surface area contributed by atoms with Crippen LogP contribution in [0.1, 0.15) is 30.9 Å². The Morgan fingerprint density at radius 3 is 2.76 bits per heavy atom. The third-order valence-electron chi connectivity index (χ3n) is 3.03. The number of ketones is 1. The molecule has 0 spiro atoms. The quantitative estimate of drug-likeness (QED) is 0.474. The van der Waals surface area contributed by atoms with E-state index in [2.05, 4.69) is 0 Å². The van der Waals surface area contributed by atoms with Crippen molar-refractivity contribution in [3.8, 4) is 0 Å². The van der Waals surface area contributed by atoms with Gasteiger partial charge in [-0.15, -0.1) is 0 Å². The zero-order chi connectivity index (χ0) is 12.5. The molecule has 0 amide bonds. The standard InChI is InChI=1S/C13H15NO3/c1-9(15)12(16)17-13(14)8-4-6-10-5-2-3-7-11(10)13/h2-3,5,7H,4,6,8,14H2,1H3/t13-/m1/s1. The maximum absolute atomic E-state index is 11.4. The number of aryl methyl sites for hydroxylation is 1. The minimum absolute atomic E-state index is 0.545. The highest BCUT2D eigenvalue weighted by Crippen LogP contribution is 2.34. The maximum Gasteiger partial charge on any atom is 0.376 e. The van der Waals surface area contributed by atoms with Gasteiger partial charge in [-0.3, -0.25) is 10.5 Å². The van der Waals surface area contributed by atoms with Crippen LogP contribution in [0.5, 0.6) is 0 Å². The number of nitrogens with two attached hydrogens (primary N) is 1. The Hall–Kier alpha value is -1.68. The second-order valence-electron chi connectivity index (χ2n) is 4.35. The third-order valence-corrected chi connectivity index (χ3v) is 3.03. The van der Waals surface area contributed by atoms with Crippen molar-refractivity contribution in [3.05, 3.63) is 35.4 Å². The Morgan fingerprint density at radius 1 is 1.35 bits per heavy atom. The number of rotatable bonds is 2. The summed E-state index contributed by atoms with van der Waals surface area (Å²) in [6, 6.07) is 7.60. The minimum Gasteiger partial charge on any atom is -0.434 e. The first-order valence-electron chi connectivity index (χ1n) is 5.64. The largest absolute Gasteiger partial charge is 0.434 e. The Balaban J connectivity index is 2.33. The van der Waals surface area contributed by atoms with Crippen LogP contribution in [0, 0.1) is 0 Å². The SMILES string of the molecule is CC(=O)C(=O)O[C@]1(N)CCCc2ccccc21. The summed E-state index contributed by atoms with van der Waals surface area (Å²) in [7, 11) is 0. The molecule has 1 atom stereocenters. The summed E-state index contributed by atoms with van der Waals surface area (Å²) in [5.74, 6) is -1.50. The number of carbonyl (C=O) groups excluding carboxylic acids is 2. The van der Waals surface area contributed by atoms with Crippen LogP contribution in [0.15, 0.2) is 24.3 Å². The minimum atomic E-state index is -1.16. The van der Waals surface area contributed by atoms with Crippen molar-refractivity contribution in [3.63, 3.8) is 0 Å². The molecule has 0 saturated heterocycles. The molecule has 2 N–H and O–H groups in total. The molecule has 1 aromatic carbocycles. The van der Waals surface area contributed by atoms with Gasteiger partial charge in [0.05, 0.1) is 0 Å². The second kappa shape index (κ2) is 4.30. The second-order valence-corrected chi connectivity index (χ2v) is 4.35. The smallest absolute Gasteiger partial charge is 0.376 e. The lowest BCUT2D eigenvalue weighted by atomic mass is 9.85. The summed E-state index contributed by atoms with van der Waals surface area (Å²) < 4.78 is 5.16. The van der Waals surface area contributed by atoms with Gasteiger partial charge >= 0.3 is 5.97 Å². The predicted octanol–water partition coefficient (Wildman–Crippen LogP) is 1.27. The highest BCUT2D eigenvalue weighted by molar-refractivity contribution is 6.32. The molecule has 90 valence electrons. The molecular formula is C13H15NO3. The number of Topliss-reactive ketones (excluding diaryl/α,β-unsaturated/α-hetero) is 1. The topological polar surface area (TPSA) is 69.4 Å². The molecule has 0 radical (unpaired) electrons. The van der Waals surface area contributed by atoms with Crippen molar-refractivity contribution < 1.29 is 14.3 Å². The maximum atomic E-state index is 11.4. The van der Waals surface area contributed by atoms with Crippen molar-refractivity contribution in [2.45, 2.75) is 31.9 Å². The van der Waals surface area contributed by atoms with Gasteiger partial charge in [0, 0.05) is 18.9 Å². The molecule has 1 aliphatic rings. The van der Waals surface area contributed by atoms with Crippen LogP contribution in [-0.2, 0) is 26.5 Å². The van der Waals surface area contributed by atoms with Crippen molar-refractivity contribution in [2.75, 3.05) is 0 Å². The van der Waals surface area contributed by atoms with Crippen LogP contribution in [0.4, 0.5) is 0 Å². The fraction of sp³-hybridized carbons (Fsp3) is 0.385.